The third-order valence-corrected chi connectivity index (χ3v) is 4.92. The van der Waals surface area contributed by atoms with Gasteiger partial charge < -0.3 is 10.2 Å². The molecule has 2 aromatic carbocycles. The largest absolute Gasteiger partial charge is 0.378 e. The first-order valence-electron chi connectivity index (χ1n) is 8.55. The maximum atomic E-state index is 12.5. The second-order valence-electron chi connectivity index (χ2n) is 6.59. The van der Waals surface area contributed by atoms with Crippen LogP contribution < -0.4 is 15.1 Å². The predicted molar refractivity (Wildman–Crippen MR) is 112 cm³/mol. The first-order chi connectivity index (χ1) is 12.4. The molecule has 1 aliphatic rings. The summed E-state index contributed by atoms with van der Waals surface area (Å²) in [5.74, 6) is 0.0418. The number of rotatable bonds is 4. The number of carbonyl (C=O) groups is 1. The fourth-order valence-corrected chi connectivity index (χ4v) is 3.66. The van der Waals surface area contributed by atoms with Crippen LogP contribution in [0, 0.1) is 0 Å². The van der Waals surface area contributed by atoms with Gasteiger partial charge in [0.2, 0.25) is 0 Å². The highest BCUT2D eigenvalue weighted by molar-refractivity contribution is 7.80. The second-order valence-corrected chi connectivity index (χ2v) is 6.98. The van der Waals surface area contributed by atoms with Gasteiger partial charge >= 0.3 is 0 Å². The quantitative estimate of drug-likeness (QED) is 0.827. The summed E-state index contributed by atoms with van der Waals surface area (Å²) in [5, 5.41) is 3.95. The number of ketones is 1. The van der Waals surface area contributed by atoms with Crippen molar-refractivity contribution in [3.8, 4) is 0 Å². The van der Waals surface area contributed by atoms with Crippen LogP contribution in [0.2, 0.25) is 0 Å². The van der Waals surface area contributed by atoms with E-state index in [1.165, 1.54) is 0 Å². The Balaban J connectivity index is 2.06. The lowest BCUT2D eigenvalue weighted by Crippen LogP contribution is -2.47. The van der Waals surface area contributed by atoms with E-state index in [-0.39, 0.29) is 11.8 Å². The maximum Gasteiger partial charge on any atom is 0.178 e. The molecule has 4 nitrogen and oxygen atoms in total. The highest BCUT2D eigenvalue weighted by atomic mass is 32.1. The van der Waals surface area contributed by atoms with Crippen molar-refractivity contribution in [3.05, 3.63) is 71.4 Å². The van der Waals surface area contributed by atoms with Crippen LogP contribution in [0.5, 0.6) is 0 Å². The van der Waals surface area contributed by atoms with Gasteiger partial charge in [-0.05, 0) is 55.9 Å². The number of hydrogen-bond donors (Lipinski definition) is 1. The van der Waals surface area contributed by atoms with Crippen molar-refractivity contribution < 1.29 is 4.79 Å². The Labute approximate surface area is 160 Å². The van der Waals surface area contributed by atoms with Crippen molar-refractivity contribution in [2.24, 2.45) is 0 Å². The first-order valence-corrected chi connectivity index (χ1v) is 8.95. The molecular weight excluding hydrogens is 342 g/mol. The molecule has 0 bridgehead atoms. The van der Waals surface area contributed by atoms with Crippen molar-refractivity contribution in [2.75, 3.05) is 23.9 Å². The van der Waals surface area contributed by atoms with Gasteiger partial charge in [-0.2, -0.15) is 0 Å². The Bertz CT molecular complexity index is 857. The Kier molecular flexibility index (Phi) is 5.09. The zero-order valence-electron chi connectivity index (χ0n) is 15.5. The number of hydrogen-bond acceptors (Lipinski definition) is 3. The van der Waals surface area contributed by atoms with E-state index in [0.29, 0.717) is 5.11 Å². The standard InChI is InChI=1S/C21H23N3OS/c1-14-19(15(2)25)20(16-10-12-17(13-11-16)23(3)4)22-21(26)24(14)18-8-6-5-7-9-18/h5-13,20H,1-4H3,(H,22,26)/t20-/m1/s1. The molecular formula is C21H23N3OS. The molecule has 26 heavy (non-hydrogen) atoms. The molecule has 1 aliphatic heterocycles. The topological polar surface area (TPSA) is 35.6 Å². The van der Waals surface area contributed by atoms with Crippen LogP contribution in [0.25, 0.3) is 0 Å². The van der Waals surface area contributed by atoms with Crippen LogP contribution in [-0.4, -0.2) is 25.0 Å². The lowest BCUT2D eigenvalue weighted by Gasteiger charge is -2.37. The number of allylic oxidation sites excluding steroid dienone is 1. The SMILES string of the molecule is CC(=O)C1=C(C)N(c2ccccc2)C(=S)N[C@@H]1c1ccc(N(C)C)cc1. The smallest absolute Gasteiger partial charge is 0.178 e. The van der Waals surface area contributed by atoms with Gasteiger partial charge in [0.25, 0.3) is 0 Å². The van der Waals surface area contributed by atoms with E-state index >= 15 is 0 Å². The minimum absolute atomic E-state index is 0.0418. The molecule has 5 heteroatoms. The van der Waals surface area contributed by atoms with Crippen molar-refractivity contribution in [1.82, 2.24) is 5.32 Å². The average molecular weight is 366 g/mol. The van der Waals surface area contributed by atoms with E-state index in [1.54, 1.807) is 6.92 Å². The molecule has 0 amide bonds. The van der Waals surface area contributed by atoms with Crippen molar-refractivity contribution in [2.45, 2.75) is 19.9 Å². The van der Waals surface area contributed by atoms with Gasteiger partial charge in [-0.15, -0.1) is 0 Å². The summed E-state index contributed by atoms with van der Waals surface area (Å²) < 4.78 is 0. The number of Topliss-reactive ketones (excluding diaryl/α,β-unsaturated/α-hetero) is 1. The molecule has 1 N–H and O–H groups in total. The Morgan fingerprint density at radius 3 is 2.23 bits per heavy atom. The molecule has 0 spiro atoms. The third-order valence-electron chi connectivity index (χ3n) is 4.62. The number of benzene rings is 2. The first kappa shape index (κ1) is 18.1. The molecule has 1 atom stereocenters. The van der Waals surface area contributed by atoms with Crippen LogP contribution in [0.4, 0.5) is 11.4 Å². The van der Waals surface area contributed by atoms with E-state index in [2.05, 4.69) is 17.4 Å². The molecule has 0 aliphatic carbocycles. The monoisotopic (exact) mass is 365 g/mol. The van der Waals surface area contributed by atoms with E-state index in [9.17, 15) is 4.79 Å². The van der Waals surface area contributed by atoms with Gasteiger partial charge in [-0.1, -0.05) is 30.3 Å². The van der Waals surface area contributed by atoms with Gasteiger partial charge in [-0.25, -0.2) is 0 Å². The zero-order chi connectivity index (χ0) is 18.8. The Morgan fingerprint density at radius 2 is 1.69 bits per heavy atom. The Morgan fingerprint density at radius 1 is 1.08 bits per heavy atom. The zero-order valence-corrected chi connectivity index (χ0v) is 16.3. The molecule has 3 rings (SSSR count). The highest BCUT2D eigenvalue weighted by Crippen LogP contribution is 2.34. The minimum atomic E-state index is -0.240. The summed E-state index contributed by atoms with van der Waals surface area (Å²) in [6.07, 6.45) is 0. The van der Waals surface area contributed by atoms with Gasteiger partial charge in [0.05, 0.1) is 6.04 Å². The Hall–Kier alpha value is -2.66. The van der Waals surface area contributed by atoms with Crippen LogP contribution in [0.15, 0.2) is 65.9 Å². The van der Waals surface area contributed by atoms with E-state index in [4.69, 9.17) is 12.2 Å². The molecule has 0 aromatic heterocycles. The lowest BCUT2D eigenvalue weighted by molar-refractivity contribution is -0.114. The maximum absolute atomic E-state index is 12.5. The van der Waals surface area contributed by atoms with E-state index in [1.807, 2.05) is 73.3 Å². The number of thiocarbonyl (C=S) groups is 1. The van der Waals surface area contributed by atoms with Crippen LogP contribution in [0.3, 0.4) is 0 Å². The summed E-state index contributed by atoms with van der Waals surface area (Å²) in [6, 6.07) is 17.8. The molecule has 134 valence electrons. The van der Waals surface area contributed by atoms with Crippen molar-refractivity contribution in [3.63, 3.8) is 0 Å². The summed E-state index contributed by atoms with van der Waals surface area (Å²) in [5.41, 5.74) is 4.69. The highest BCUT2D eigenvalue weighted by Gasteiger charge is 2.32. The van der Waals surface area contributed by atoms with Crippen LogP contribution >= 0.6 is 12.2 Å². The average Bonchev–Trinajstić information content (AvgIpc) is 2.61. The van der Waals surface area contributed by atoms with Gasteiger partial charge in [0, 0.05) is 36.7 Å². The molecule has 0 radical (unpaired) electrons. The number of nitrogens with zero attached hydrogens (tertiary/aromatic N) is 2. The summed E-state index contributed by atoms with van der Waals surface area (Å²) in [6.45, 7) is 3.57. The van der Waals surface area contributed by atoms with Gasteiger partial charge in [0.15, 0.2) is 10.9 Å². The fraction of sp³-hybridized carbons (Fsp3) is 0.238. The summed E-state index contributed by atoms with van der Waals surface area (Å²) in [7, 11) is 4.01. The lowest BCUT2D eigenvalue weighted by atomic mass is 9.92. The number of anilines is 2. The van der Waals surface area contributed by atoms with Gasteiger partial charge in [0.1, 0.15) is 0 Å². The number of para-hydroxylation sites is 1. The minimum Gasteiger partial charge on any atom is -0.378 e. The van der Waals surface area contributed by atoms with Gasteiger partial charge in [-0.3, -0.25) is 9.69 Å². The fourth-order valence-electron chi connectivity index (χ4n) is 3.30. The number of carbonyl (C=O) groups excluding carboxylic acids is 1. The molecule has 0 unspecified atom stereocenters. The van der Waals surface area contributed by atoms with Crippen LogP contribution in [-0.2, 0) is 4.79 Å². The van der Waals surface area contributed by atoms with Crippen LogP contribution in [0.1, 0.15) is 25.5 Å². The number of nitrogens with one attached hydrogen (secondary N) is 1. The normalized spacial score (nSPS) is 17.2. The summed E-state index contributed by atoms with van der Waals surface area (Å²) >= 11 is 5.63. The molecule has 0 saturated carbocycles. The molecule has 1 heterocycles. The van der Waals surface area contributed by atoms with Crippen molar-refractivity contribution in [1.29, 1.82) is 0 Å². The predicted octanol–water partition coefficient (Wildman–Crippen LogP) is 4.05. The molecule has 0 saturated heterocycles. The summed E-state index contributed by atoms with van der Waals surface area (Å²) in [4.78, 5) is 16.5. The van der Waals surface area contributed by atoms with E-state index < -0.39 is 0 Å². The molecule has 2 aromatic rings. The molecule has 0 fully saturated rings. The second kappa shape index (κ2) is 7.30. The van der Waals surface area contributed by atoms with Crippen molar-refractivity contribution >= 4 is 34.5 Å². The van der Waals surface area contributed by atoms with E-state index in [0.717, 1.165) is 28.2 Å². The third kappa shape index (κ3) is 3.35.